The van der Waals surface area contributed by atoms with Gasteiger partial charge in [-0.25, -0.2) is 0 Å². The number of halogens is 2. The number of nitrogen functional groups attached to an aromatic ring is 1. The highest BCUT2D eigenvalue weighted by atomic mass is 32.2. The molecule has 1 rings (SSSR count). The Morgan fingerprint density at radius 3 is 2.64 bits per heavy atom. The normalized spacial score (nSPS) is 10.5. The molecule has 0 heterocycles. The van der Waals surface area contributed by atoms with E-state index >= 15 is 0 Å². The summed E-state index contributed by atoms with van der Waals surface area (Å²) in [4.78, 5) is 9.81. The van der Waals surface area contributed by atoms with E-state index in [9.17, 15) is 18.9 Å². The van der Waals surface area contributed by atoms with Crippen LogP contribution in [0.5, 0.6) is 0 Å². The second-order valence-corrected chi connectivity index (χ2v) is 3.42. The number of nitrogens with two attached hydrogens (primary N) is 1. The zero-order valence-corrected chi connectivity index (χ0v) is 7.63. The van der Waals surface area contributed by atoms with Crippen LogP contribution in [0.25, 0.3) is 0 Å². The van der Waals surface area contributed by atoms with Gasteiger partial charge in [0.2, 0.25) is 0 Å². The van der Waals surface area contributed by atoms with Crippen LogP contribution in [0, 0.1) is 10.1 Å². The van der Waals surface area contributed by atoms with Gasteiger partial charge in [-0.15, -0.1) is 0 Å². The maximum absolute atomic E-state index is 11.9. The SMILES string of the molecule is Nc1ccc(SC(F)F)cc1[N+](=O)[O-]. The lowest BCUT2D eigenvalue weighted by molar-refractivity contribution is -0.384. The van der Waals surface area contributed by atoms with Gasteiger partial charge in [0.25, 0.3) is 11.4 Å². The molecule has 0 saturated carbocycles. The highest BCUT2D eigenvalue weighted by molar-refractivity contribution is 7.99. The maximum atomic E-state index is 11.9. The molecule has 0 fully saturated rings. The van der Waals surface area contributed by atoms with Gasteiger partial charge in [-0.05, 0) is 12.1 Å². The number of alkyl halides is 2. The van der Waals surface area contributed by atoms with E-state index in [4.69, 9.17) is 5.73 Å². The molecule has 0 aliphatic heterocycles. The van der Waals surface area contributed by atoms with Crippen LogP contribution < -0.4 is 5.73 Å². The van der Waals surface area contributed by atoms with Crippen molar-refractivity contribution in [3.63, 3.8) is 0 Å². The number of hydrogen-bond acceptors (Lipinski definition) is 4. The Hall–Kier alpha value is -1.37. The molecule has 1 aromatic rings. The average molecular weight is 220 g/mol. The zero-order chi connectivity index (χ0) is 10.7. The van der Waals surface area contributed by atoms with Crippen molar-refractivity contribution in [1.82, 2.24) is 0 Å². The minimum atomic E-state index is -2.60. The fraction of sp³-hybridized carbons (Fsp3) is 0.143. The molecule has 0 bridgehead atoms. The van der Waals surface area contributed by atoms with Gasteiger partial charge in [0, 0.05) is 11.0 Å². The summed E-state index contributed by atoms with van der Waals surface area (Å²) in [7, 11) is 0. The van der Waals surface area contributed by atoms with E-state index in [0.717, 1.165) is 6.07 Å². The van der Waals surface area contributed by atoms with Crippen LogP contribution in [0.3, 0.4) is 0 Å². The van der Waals surface area contributed by atoms with E-state index < -0.39 is 10.7 Å². The van der Waals surface area contributed by atoms with Gasteiger partial charge in [-0.2, -0.15) is 8.78 Å². The molecule has 0 aromatic heterocycles. The van der Waals surface area contributed by atoms with Crippen LogP contribution in [0.2, 0.25) is 0 Å². The zero-order valence-electron chi connectivity index (χ0n) is 6.81. The summed E-state index contributed by atoms with van der Waals surface area (Å²) in [6.07, 6.45) is 0. The summed E-state index contributed by atoms with van der Waals surface area (Å²) in [6.45, 7) is 0. The Morgan fingerprint density at radius 2 is 2.14 bits per heavy atom. The molecule has 0 amide bonds. The van der Waals surface area contributed by atoms with Crippen LogP contribution in [0.1, 0.15) is 0 Å². The van der Waals surface area contributed by atoms with Crippen molar-refractivity contribution in [2.45, 2.75) is 10.7 Å². The molecule has 0 aliphatic rings. The summed E-state index contributed by atoms with van der Waals surface area (Å²) in [5.41, 5.74) is 4.90. The Labute approximate surface area is 82.2 Å². The van der Waals surface area contributed by atoms with Crippen molar-refractivity contribution in [3.8, 4) is 0 Å². The average Bonchev–Trinajstić information content (AvgIpc) is 2.07. The van der Waals surface area contributed by atoms with Crippen LogP contribution in [-0.2, 0) is 0 Å². The van der Waals surface area contributed by atoms with Gasteiger partial charge in [0.15, 0.2) is 0 Å². The molecule has 0 unspecified atom stereocenters. The lowest BCUT2D eigenvalue weighted by Gasteiger charge is -2.01. The number of anilines is 1. The Balaban J connectivity index is 3.00. The first-order valence-electron chi connectivity index (χ1n) is 3.49. The number of nitro groups is 1. The molecular formula is C7H6F2N2O2S. The number of nitro benzene ring substituents is 1. The summed E-state index contributed by atoms with van der Waals surface area (Å²) < 4.78 is 23.8. The number of hydrogen-bond donors (Lipinski definition) is 1. The molecule has 14 heavy (non-hydrogen) atoms. The maximum Gasteiger partial charge on any atom is 0.293 e. The van der Waals surface area contributed by atoms with Gasteiger partial charge in [-0.1, -0.05) is 11.8 Å². The second kappa shape index (κ2) is 4.23. The van der Waals surface area contributed by atoms with Crippen LogP contribution in [0.15, 0.2) is 23.1 Å². The molecule has 0 saturated heterocycles. The predicted molar refractivity (Wildman–Crippen MR) is 49.4 cm³/mol. The smallest absolute Gasteiger partial charge is 0.293 e. The number of nitrogens with zero attached hydrogens (tertiary/aromatic N) is 1. The molecule has 0 atom stereocenters. The number of thioether (sulfide) groups is 1. The van der Waals surface area contributed by atoms with E-state index in [0.29, 0.717) is 0 Å². The van der Waals surface area contributed by atoms with Crippen molar-refractivity contribution in [3.05, 3.63) is 28.3 Å². The van der Waals surface area contributed by atoms with E-state index in [2.05, 4.69) is 0 Å². The Bertz CT molecular complexity index is 360. The minimum Gasteiger partial charge on any atom is -0.393 e. The fourth-order valence-electron chi connectivity index (χ4n) is 0.858. The van der Waals surface area contributed by atoms with Gasteiger partial charge in [-0.3, -0.25) is 10.1 Å². The standard InChI is InChI=1S/C7H6F2N2O2S/c8-7(9)14-4-1-2-5(10)6(3-4)11(12)13/h1-3,7H,10H2. The van der Waals surface area contributed by atoms with Gasteiger partial charge < -0.3 is 5.73 Å². The molecule has 76 valence electrons. The van der Waals surface area contributed by atoms with Crippen molar-refractivity contribution in [1.29, 1.82) is 0 Å². The van der Waals surface area contributed by atoms with E-state index in [1.54, 1.807) is 0 Å². The Kier molecular flexibility index (Phi) is 3.23. The molecule has 0 spiro atoms. The molecule has 4 nitrogen and oxygen atoms in total. The lowest BCUT2D eigenvalue weighted by atomic mass is 10.3. The van der Waals surface area contributed by atoms with Crippen molar-refractivity contribution < 1.29 is 13.7 Å². The molecule has 1 aromatic carbocycles. The first kappa shape index (κ1) is 10.7. The summed E-state index contributed by atoms with van der Waals surface area (Å²) in [5.74, 6) is -2.60. The van der Waals surface area contributed by atoms with Crippen molar-refractivity contribution >= 4 is 23.1 Å². The third-order valence-electron chi connectivity index (χ3n) is 1.42. The quantitative estimate of drug-likeness (QED) is 0.367. The second-order valence-electron chi connectivity index (χ2n) is 2.36. The topological polar surface area (TPSA) is 69.2 Å². The summed E-state index contributed by atoms with van der Waals surface area (Å²) in [6, 6.07) is 3.59. The first-order chi connectivity index (χ1) is 6.50. The predicted octanol–water partition coefficient (Wildman–Crippen LogP) is 2.49. The van der Waals surface area contributed by atoms with Crippen LogP contribution in [0.4, 0.5) is 20.2 Å². The summed E-state index contributed by atoms with van der Waals surface area (Å²) >= 11 is 0.245. The molecule has 2 N–H and O–H groups in total. The molecule has 7 heteroatoms. The highest BCUT2D eigenvalue weighted by Gasteiger charge is 2.14. The number of benzene rings is 1. The van der Waals surface area contributed by atoms with E-state index in [-0.39, 0.29) is 28.0 Å². The molecule has 0 radical (unpaired) electrons. The monoisotopic (exact) mass is 220 g/mol. The van der Waals surface area contributed by atoms with Gasteiger partial charge >= 0.3 is 0 Å². The largest absolute Gasteiger partial charge is 0.393 e. The fourth-order valence-corrected chi connectivity index (χ4v) is 1.39. The molecule has 0 aliphatic carbocycles. The van der Waals surface area contributed by atoms with E-state index in [1.165, 1.54) is 12.1 Å². The van der Waals surface area contributed by atoms with Gasteiger partial charge in [0.1, 0.15) is 5.69 Å². The van der Waals surface area contributed by atoms with Crippen molar-refractivity contribution in [2.24, 2.45) is 0 Å². The first-order valence-corrected chi connectivity index (χ1v) is 4.37. The van der Waals surface area contributed by atoms with Crippen molar-refractivity contribution in [2.75, 3.05) is 5.73 Å². The Morgan fingerprint density at radius 1 is 1.50 bits per heavy atom. The minimum absolute atomic E-state index is 0.0337. The van der Waals surface area contributed by atoms with E-state index in [1.807, 2.05) is 0 Å². The van der Waals surface area contributed by atoms with Crippen LogP contribution in [-0.4, -0.2) is 10.7 Å². The third kappa shape index (κ3) is 2.56. The van der Waals surface area contributed by atoms with Crippen LogP contribution >= 0.6 is 11.8 Å². The highest BCUT2D eigenvalue weighted by Crippen LogP contribution is 2.31. The summed E-state index contributed by atoms with van der Waals surface area (Å²) in [5, 5.41) is 10.4. The van der Waals surface area contributed by atoms with Gasteiger partial charge in [0.05, 0.1) is 4.92 Å². The molecular weight excluding hydrogens is 214 g/mol. The number of rotatable bonds is 3. The third-order valence-corrected chi connectivity index (χ3v) is 2.13. The lowest BCUT2D eigenvalue weighted by Crippen LogP contribution is -1.95.